The molecule has 0 saturated carbocycles. The molecule has 90 valence electrons. The Balaban J connectivity index is 2.04. The van der Waals surface area contributed by atoms with Gasteiger partial charge in [-0.2, -0.15) is 5.26 Å². The fourth-order valence-corrected chi connectivity index (χ4v) is 2.52. The average molecular weight is 250 g/mol. The van der Waals surface area contributed by atoms with E-state index in [4.69, 9.17) is 16.9 Å². The zero-order valence-corrected chi connectivity index (χ0v) is 10.7. The predicted octanol–water partition coefficient (Wildman–Crippen LogP) is 2.37. The minimum Gasteiger partial charge on any atom is -0.369 e. The zero-order chi connectivity index (χ0) is 12.3. The largest absolute Gasteiger partial charge is 0.369 e. The number of halogens is 1. The Hall–Kier alpha value is -1.24. The summed E-state index contributed by atoms with van der Waals surface area (Å²) in [5, 5.41) is 9.50. The van der Waals surface area contributed by atoms with Crippen molar-refractivity contribution in [2.75, 3.05) is 31.6 Å². The molecule has 3 nitrogen and oxygen atoms in total. The third-order valence-corrected chi connectivity index (χ3v) is 3.62. The molecule has 0 radical (unpaired) electrons. The number of nitriles is 1. The van der Waals surface area contributed by atoms with Crippen LogP contribution >= 0.6 is 11.6 Å². The summed E-state index contributed by atoms with van der Waals surface area (Å²) in [5.41, 5.74) is 1.10. The average Bonchev–Trinajstić information content (AvgIpc) is 2.79. The highest BCUT2D eigenvalue weighted by Crippen LogP contribution is 2.29. The number of likely N-dealkylation sites (N-methyl/N-ethyl adjacent to an activating group) is 1. The first-order valence-corrected chi connectivity index (χ1v) is 6.17. The van der Waals surface area contributed by atoms with Crippen molar-refractivity contribution in [3.05, 3.63) is 29.3 Å². The van der Waals surface area contributed by atoms with Crippen LogP contribution in [-0.2, 0) is 0 Å². The van der Waals surface area contributed by atoms with Crippen molar-refractivity contribution in [3.63, 3.8) is 0 Å². The minimum absolute atomic E-state index is 0.450. The lowest BCUT2D eigenvalue weighted by Crippen LogP contribution is -2.34. The van der Waals surface area contributed by atoms with Crippen molar-refractivity contribution >= 4 is 17.3 Å². The Morgan fingerprint density at radius 3 is 3.00 bits per heavy atom. The van der Waals surface area contributed by atoms with Gasteiger partial charge in [-0.15, -0.1) is 0 Å². The van der Waals surface area contributed by atoms with Crippen LogP contribution in [-0.4, -0.2) is 37.6 Å². The van der Waals surface area contributed by atoms with Gasteiger partial charge in [0.25, 0.3) is 0 Å². The fraction of sp³-hybridized carbons (Fsp3) is 0.462. The van der Waals surface area contributed by atoms with Crippen molar-refractivity contribution < 1.29 is 0 Å². The molecule has 2 rings (SSSR count). The first-order valence-electron chi connectivity index (χ1n) is 5.79. The molecule has 0 amide bonds. The molecule has 1 aromatic rings. The van der Waals surface area contributed by atoms with Crippen molar-refractivity contribution in [1.82, 2.24) is 4.90 Å². The highest BCUT2D eigenvalue weighted by Gasteiger charge is 2.26. The molecule has 1 aromatic carbocycles. The van der Waals surface area contributed by atoms with E-state index in [1.54, 1.807) is 0 Å². The SMILES string of the molecule is CN(CC#N)C1CCN(c2ccccc2Cl)C1. The van der Waals surface area contributed by atoms with Crippen molar-refractivity contribution in [2.45, 2.75) is 12.5 Å². The lowest BCUT2D eigenvalue weighted by Gasteiger charge is -2.23. The standard InChI is InChI=1S/C13H16ClN3/c1-16(9-7-15)11-6-8-17(10-11)13-5-3-2-4-12(13)14/h2-5,11H,6,8-10H2,1H3. The molecule has 4 heteroatoms. The molecule has 1 fully saturated rings. The molecule has 1 atom stereocenters. The van der Waals surface area contributed by atoms with Crippen molar-refractivity contribution in [1.29, 1.82) is 5.26 Å². The van der Waals surface area contributed by atoms with Gasteiger partial charge in [-0.3, -0.25) is 4.90 Å². The Morgan fingerprint density at radius 2 is 2.29 bits per heavy atom. The molecular formula is C13H16ClN3. The monoisotopic (exact) mass is 249 g/mol. The molecule has 1 aliphatic rings. The number of benzene rings is 1. The summed E-state index contributed by atoms with van der Waals surface area (Å²) in [6.45, 7) is 2.44. The molecule has 1 saturated heterocycles. The fourth-order valence-electron chi connectivity index (χ4n) is 2.27. The second-order valence-electron chi connectivity index (χ2n) is 4.41. The molecule has 1 unspecified atom stereocenters. The number of anilines is 1. The van der Waals surface area contributed by atoms with Crippen LogP contribution in [0.15, 0.2) is 24.3 Å². The Morgan fingerprint density at radius 1 is 1.53 bits per heavy atom. The van der Waals surface area contributed by atoms with Gasteiger partial charge >= 0.3 is 0 Å². The van der Waals surface area contributed by atoms with E-state index in [2.05, 4.69) is 21.9 Å². The van der Waals surface area contributed by atoms with E-state index in [1.165, 1.54) is 0 Å². The molecule has 0 spiro atoms. The molecule has 1 heterocycles. The quantitative estimate of drug-likeness (QED) is 0.771. The van der Waals surface area contributed by atoms with Gasteiger partial charge in [0.15, 0.2) is 0 Å². The van der Waals surface area contributed by atoms with Gasteiger partial charge in [-0.1, -0.05) is 23.7 Å². The van der Waals surface area contributed by atoms with E-state index in [0.29, 0.717) is 12.6 Å². The Kier molecular flexibility index (Phi) is 3.88. The number of para-hydroxylation sites is 1. The lowest BCUT2D eigenvalue weighted by atomic mass is 10.2. The Labute approximate surface area is 107 Å². The van der Waals surface area contributed by atoms with Gasteiger partial charge in [0.2, 0.25) is 0 Å². The van der Waals surface area contributed by atoms with Gasteiger partial charge < -0.3 is 4.90 Å². The van der Waals surface area contributed by atoms with Crippen LogP contribution in [0.4, 0.5) is 5.69 Å². The molecule has 0 bridgehead atoms. The molecule has 0 N–H and O–H groups in total. The van der Waals surface area contributed by atoms with Crippen molar-refractivity contribution in [2.24, 2.45) is 0 Å². The lowest BCUT2D eigenvalue weighted by molar-refractivity contribution is 0.289. The van der Waals surface area contributed by atoms with Crippen molar-refractivity contribution in [3.8, 4) is 6.07 Å². The highest BCUT2D eigenvalue weighted by molar-refractivity contribution is 6.33. The summed E-state index contributed by atoms with van der Waals surface area (Å²) in [6, 6.07) is 10.6. The molecule has 17 heavy (non-hydrogen) atoms. The van der Waals surface area contributed by atoms with E-state index in [1.807, 2.05) is 25.2 Å². The smallest absolute Gasteiger partial charge is 0.0866 e. The van der Waals surface area contributed by atoms with Gasteiger partial charge in [0, 0.05) is 19.1 Å². The third-order valence-electron chi connectivity index (χ3n) is 3.30. The predicted molar refractivity (Wildman–Crippen MR) is 70.3 cm³/mol. The van der Waals surface area contributed by atoms with Gasteiger partial charge in [-0.25, -0.2) is 0 Å². The van der Waals surface area contributed by atoms with E-state index in [0.717, 1.165) is 30.2 Å². The maximum Gasteiger partial charge on any atom is 0.0866 e. The van der Waals surface area contributed by atoms with E-state index in [-0.39, 0.29) is 0 Å². The van der Waals surface area contributed by atoms with Gasteiger partial charge in [0.1, 0.15) is 0 Å². The summed E-state index contributed by atoms with van der Waals surface area (Å²) < 4.78 is 0. The minimum atomic E-state index is 0.450. The van der Waals surface area contributed by atoms with Crippen LogP contribution in [0.25, 0.3) is 0 Å². The summed E-state index contributed by atoms with van der Waals surface area (Å²) >= 11 is 6.19. The second kappa shape index (κ2) is 5.39. The molecule has 0 aromatic heterocycles. The van der Waals surface area contributed by atoms with Crippen LogP contribution < -0.4 is 4.90 Å². The molecule has 0 aliphatic carbocycles. The van der Waals surface area contributed by atoms with Crippen LogP contribution in [0.3, 0.4) is 0 Å². The third kappa shape index (κ3) is 2.71. The van der Waals surface area contributed by atoms with Crippen LogP contribution in [0.1, 0.15) is 6.42 Å². The van der Waals surface area contributed by atoms with Gasteiger partial charge in [0.05, 0.1) is 23.3 Å². The Bertz CT molecular complexity index is 427. The molecular weight excluding hydrogens is 234 g/mol. The second-order valence-corrected chi connectivity index (χ2v) is 4.82. The topological polar surface area (TPSA) is 30.3 Å². The number of rotatable bonds is 3. The van der Waals surface area contributed by atoms with Crippen LogP contribution in [0.2, 0.25) is 5.02 Å². The normalized spacial score (nSPS) is 19.6. The van der Waals surface area contributed by atoms with E-state index >= 15 is 0 Å². The summed E-state index contributed by atoms with van der Waals surface area (Å²) in [5.74, 6) is 0. The number of nitrogens with zero attached hydrogens (tertiary/aromatic N) is 3. The van der Waals surface area contributed by atoms with E-state index in [9.17, 15) is 0 Å². The number of hydrogen-bond acceptors (Lipinski definition) is 3. The van der Waals surface area contributed by atoms with E-state index < -0.39 is 0 Å². The number of hydrogen-bond donors (Lipinski definition) is 0. The highest BCUT2D eigenvalue weighted by atomic mass is 35.5. The van der Waals surface area contributed by atoms with Crippen LogP contribution in [0.5, 0.6) is 0 Å². The zero-order valence-electron chi connectivity index (χ0n) is 9.93. The first-order chi connectivity index (χ1) is 8.22. The summed E-state index contributed by atoms with van der Waals surface area (Å²) in [4.78, 5) is 4.40. The van der Waals surface area contributed by atoms with Crippen LogP contribution in [0, 0.1) is 11.3 Å². The first kappa shape index (κ1) is 12.2. The maximum absolute atomic E-state index is 8.70. The maximum atomic E-state index is 8.70. The summed E-state index contributed by atoms with van der Waals surface area (Å²) in [6.07, 6.45) is 1.09. The molecule has 1 aliphatic heterocycles. The summed E-state index contributed by atoms with van der Waals surface area (Å²) in [7, 11) is 2.00. The van der Waals surface area contributed by atoms with Gasteiger partial charge in [-0.05, 0) is 25.6 Å².